The number of aromatic nitrogens is 2. The van der Waals surface area contributed by atoms with Gasteiger partial charge in [0, 0.05) is 23.0 Å². The third kappa shape index (κ3) is 2.69. The second kappa shape index (κ2) is 5.00. The maximum Gasteiger partial charge on any atom is 0.434 e. The van der Waals surface area contributed by atoms with Gasteiger partial charge >= 0.3 is 6.18 Å². The molecule has 0 aliphatic carbocycles. The quantitative estimate of drug-likeness (QED) is 0.726. The molecule has 1 aromatic carbocycles. The third-order valence-corrected chi connectivity index (χ3v) is 3.87. The van der Waals surface area contributed by atoms with Gasteiger partial charge in [-0.25, -0.2) is 4.98 Å². The Bertz CT molecular complexity index is 851. The number of nitrogens with zero attached hydrogens (tertiary/aromatic N) is 2. The summed E-state index contributed by atoms with van der Waals surface area (Å²) in [5.41, 5.74) is -0.321. The molecule has 0 spiro atoms. The lowest BCUT2D eigenvalue weighted by atomic mass is 10.2. The summed E-state index contributed by atoms with van der Waals surface area (Å²) in [6.07, 6.45) is -2.86. The molecule has 3 nitrogen and oxygen atoms in total. The molecule has 108 valence electrons. The van der Waals surface area contributed by atoms with Gasteiger partial charge in [0.15, 0.2) is 11.1 Å². The van der Waals surface area contributed by atoms with E-state index in [2.05, 4.69) is 4.98 Å². The number of rotatable bonds is 2. The molecule has 0 N–H and O–H groups in total. The summed E-state index contributed by atoms with van der Waals surface area (Å²) in [5.74, 6) is 0. The van der Waals surface area contributed by atoms with Crippen molar-refractivity contribution in [3.8, 4) is 0 Å². The van der Waals surface area contributed by atoms with E-state index in [-0.39, 0.29) is 12.0 Å². The molecule has 3 aromatic rings. The maximum absolute atomic E-state index is 12.5. The zero-order chi connectivity index (χ0) is 15.0. The molecular formula is C14H9F3N2OS. The van der Waals surface area contributed by atoms with Crippen LogP contribution in [0.3, 0.4) is 0 Å². The van der Waals surface area contributed by atoms with Crippen LogP contribution in [0.5, 0.6) is 0 Å². The van der Waals surface area contributed by atoms with E-state index >= 15 is 0 Å². The predicted molar refractivity (Wildman–Crippen MR) is 74.4 cm³/mol. The van der Waals surface area contributed by atoms with Crippen molar-refractivity contribution in [1.82, 2.24) is 9.55 Å². The van der Waals surface area contributed by atoms with E-state index in [4.69, 9.17) is 0 Å². The number of alkyl halides is 3. The van der Waals surface area contributed by atoms with Gasteiger partial charge in [-0.2, -0.15) is 13.2 Å². The van der Waals surface area contributed by atoms with Crippen LogP contribution in [0.25, 0.3) is 10.9 Å². The van der Waals surface area contributed by atoms with Crippen LogP contribution in [-0.2, 0) is 12.7 Å². The highest BCUT2D eigenvalue weighted by Crippen LogP contribution is 2.30. The zero-order valence-corrected chi connectivity index (χ0v) is 11.4. The highest BCUT2D eigenvalue weighted by molar-refractivity contribution is 7.09. The summed E-state index contributed by atoms with van der Waals surface area (Å²) in [4.78, 5) is 15.3. The van der Waals surface area contributed by atoms with Gasteiger partial charge in [0.25, 0.3) is 0 Å². The van der Waals surface area contributed by atoms with Gasteiger partial charge in [-0.15, -0.1) is 11.3 Å². The Morgan fingerprint density at radius 2 is 1.95 bits per heavy atom. The first-order valence-corrected chi connectivity index (χ1v) is 6.93. The molecule has 0 saturated heterocycles. The molecular weight excluding hydrogens is 301 g/mol. The maximum atomic E-state index is 12.5. The van der Waals surface area contributed by atoms with Crippen LogP contribution in [0, 0.1) is 0 Å². The Labute approximate surface area is 121 Å². The van der Waals surface area contributed by atoms with E-state index < -0.39 is 11.9 Å². The smallest absolute Gasteiger partial charge is 0.340 e. The van der Waals surface area contributed by atoms with Gasteiger partial charge in [0.1, 0.15) is 5.01 Å². The van der Waals surface area contributed by atoms with Gasteiger partial charge in [0.05, 0.1) is 12.1 Å². The Morgan fingerprint density at radius 1 is 1.19 bits per heavy atom. The summed E-state index contributed by atoms with van der Waals surface area (Å²) in [6.45, 7) is 0.196. The average Bonchev–Trinajstić information content (AvgIpc) is 2.91. The highest BCUT2D eigenvalue weighted by atomic mass is 32.1. The number of pyridine rings is 1. The number of benzene rings is 1. The summed E-state index contributed by atoms with van der Waals surface area (Å²) in [7, 11) is 0. The number of halogens is 3. The zero-order valence-electron chi connectivity index (χ0n) is 10.6. The van der Waals surface area contributed by atoms with E-state index in [0.29, 0.717) is 15.9 Å². The number of hydrogen-bond acceptors (Lipinski definition) is 3. The minimum atomic E-state index is -4.43. The Kier molecular flexibility index (Phi) is 3.29. The number of hydrogen-bond donors (Lipinski definition) is 0. The molecule has 0 amide bonds. The molecule has 21 heavy (non-hydrogen) atoms. The molecule has 2 aromatic heterocycles. The first-order chi connectivity index (χ1) is 9.95. The predicted octanol–water partition coefficient (Wildman–Crippen LogP) is 3.53. The lowest BCUT2D eigenvalue weighted by Crippen LogP contribution is -2.09. The van der Waals surface area contributed by atoms with Crippen LogP contribution in [0.4, 0.5) is 13.2 Å². The second-order valence-electron chi connectivity index (χ2n) is 4.45. The van der Waals surface area contributed by atoms with Crippen molar-refractivity contribution in [2.24, 2.45) is 0 Å². The summed E-state index contributed by atoms with van der Waals surface area (Å²) in [6, 6.07) is 8.38. The van der Waals surface area contributed by atoms with Crippen LogP contribution >= 0.6 is 11.3 Å². The van der Waals surface area contributed by atoms with Crippen molar-refractivity contribution in [3.63, 3.8) is 0 Å². The van der Waals surface area contributed by atoms with Crippen LogP contribution in [0.1, 0.15) is 10.7 Å². The van der Waals surface area contributed by atoms with Gasteiger partial charge < -0.3 is 4.57 Å². The Balaban J connectivity index is 2.01. The number of fused-ring (bicyclic) bond motifs is 1. The summed E-state index contributed by atoms with van der Waals surface area (Å²) in [5, 5.41) is 1.88. The largest absolute Gasteiger partial charge is 0.434 e. The second-order valence-corrected chi connectivity index (χ2v) is 5.39. The lowest BCUT2D eigenvalue weighted by Gasteiger charge is -2.08. The topological polar surface area (TPSA) is 34.9 Å². The van der Waals surface area contributed by atoms with Gasteiger partial charge in [-0.1, -0.05) is 12.1 Å². The molecule has 2 heterocycles. The van der Waals surface area contributed by atoms with Crippen molar-refractivity contribution in [2.75, 3.05) is 0 Å². The minimum absolute atomic E-state index is 0.114. The Hall–Kier alpha value is -2.15. The summed E-state index contributed by atoms with van der Waals surface area (Å²) < 4.78 is 39.3. The van der Waals surface area contributed by atoms with Crippen molar-refractivity contribution in [1.29, 1.82) is 0 Å². The SMILES string of the molecule is O=c1ccn(Cc2nc(C(F)(F)F)cs2)c2ccccc12. The third-order valence-electron chi connectivity index (χ3n) is 3.03. The van der Waals surface area contributed by atoms with Crippen LogP contribution < -0.4 is 5.43 Å². The van der Waals surface area contributed by atoms with Crippen molar-refractivity contribution in [3.05, 3.63) is 62.8 Å². The number of para-hydroxylation sites is 1. The van der Waals surface area contributed by atoms with Gasteiger partial charge in [0.2, 0.25) is 0 Å². The number of thiazole rings is 1. The molecule has 0 bridgehead atoms. The van der Waals surface area contributed by atoms with Crippen molar-refractivity contribution in [2.45, 2.75) is 12.7 Å². The molecule has 7 heteroatoms. The van der Waals surface area contributed by atoms with Crippen LogP contribution in [0.2, 0.25) is 0 Å². The summed E-state index contributed by atoms with van der Waals surface area (Å²) >= 11 is 0.954. The lowest BCUT2D eigenvalue weighted by molar-refractivity contribution is -0.140. The van der Waals surface area contributed by atoms with E-state index in [1.807, 2.05) is 0 Å². The normalized spacial score (nSPS) is 12.0. The molecule has 0 unspecified atom stereocenters. The minimum Gasteiger partial charge on any atom is -0.340 e. The Morgan fingerprint density at radius 3 is 2.67 bits per heavy atom. The molecule has 0 atom stereocenters. The fraction of sp³-hybridized carbons (Fsp3) is 0.143. The molecule has 3 rings (SSSR count). The van der Waals surface area contributed by atoms with E-state index in [9.17, 15) is 18.0 Å². The van der Waals surface area contributed by atoms with E-state index in [0.717, 1.165) is 16.7 Å². The fourth-order valence-electron chi connectivity index (χ4n) is 2.06. The fourth-order valence-corrected chi connectivity index (χ4v) is 2.86. The molecule has 0 aliphatic heterocycles. The standard InChI is InChI=1S/C14H9F3N2OS/c15-14(16,17)12-8-21-13(18-12)7-19-6-5-11(20)9-3-1-2-4-10(9)19/h1-6,8H,7H2. The molecule has 0 fully saturated rings. The van der Waals surface area contributed by atoms with Crippen molar-refractivity contribution < 1.29 is 13.2 Å². The average molecular weight is 310 g/mol. The van der Waals surface area contributed by atoms with E-state index in [1.165, 1.54) is 6.07 Å². The van der Waals surface area contributed by atoms with Crippen LogP contribution in [-0.4, -0.2) is 9.55 Å². The highest BCUT2D eigenvalue weighted by Gasteiger charge is 2.33. The van der Waals surface area contributed by atoms with Crippen LogP contribution in [0.15, 0.2) is 46.7 Å². The first kappa shape index (κ1) is 13.8. The molecule has 0 saturated carbocycles. The monoisotopic (exact) mass is 310 g/mol. The van der Waals surface area contributed by atoms with Gasteiger partial charge in [-0.05, 0) is 12.1 Å². The van der Waals surface area contributed by atoms with E-state index in [1.54, 1.807) is 35.0 Å². The van der Waals surface area contributed by atoms with Crippen molar-refractivity contribution >= 4 is 22.2 Å². The first-order valence-electron chi connectivity index (χ1n) is 6.05. The van der Waals surface area contributed by atoms with Gasteiger partial charge in [-0.3, -0.25) is 4.79 Å². The molecule has 0 radical (unpaired) electrons. The molecule has 0 aliphatic rings.